The highest BCUT2D eigenvalue weighted by molar-refractivity contribution is 5.82. The molecule has 2 fully saturated rings. The summed E-state index contributed by atoms with van der Waals surface area (Å²) in [5, 5.41) is 0. The fourth-order valence-corrected chi connectivity index (χ4v) is 2.90. The molecule has 2 saturated heterocycles. The number of likely N-dealkylation sites (tertiary alicyclic amines) is 1. The largest absolute Gasteiger partial charge is 0.379 e. The predicted molar refractivity (Wildman–Crippen MR) is 79.4 cm³/mol. The lowest BCUT2D eigenvalue weighted by atomic mass is 9.86. The summed E-state index contributed by atoms with van der Waals surface area (Å²) in [6.07, 6.45) is 1.10. The molecule has 2 heterocycles. The first-order valence-electron chi connectivity index (χ1n) is 7.72. The molecule has 0 bridgehead atoms. The molecule has 2 aliphatic rings. The number of amides is 1. The Hall–Kier alpha value is -0.650. The van der Waals surface area contributed by atoms with Crippen LogP contribution in [0.2, 0.25) is 0 Å². The lowest BCUT2D eigenvalue weighted by Crippen LogP contribution is -2.50. The Kier molecular flexibility index (Phi) is 5.04. The van der Waals surface area contributed by atoms with E-state index in [2.05, 4.69) is 4.90 Å². The van der Waals surface area contributed by atoms with Crippen LogP contribution in [0.4, 0.5) is 0 Å². The van der Waals surface area contributed by atoms with Gasteiger partial charge in [-0.2, -0.15) is 0 Å². The van der Waals surface area contributed by atoms with Crippen LogP contribution in [0.3, 0.4) is 0 Å². The number of carbonyl (C=O) groups excluding carboxylic acids is 1. The topological polar surface area (TPSA) is 58.8 Å². The highest BCUT2D eigenvalue weighted by atomic mass is 16.5. The molecular formula is C15H29N3O2. The number of morpholine rings is 1. The summed E-state index contributed by atoms with van der Waals surface area (Å²) in [7, 11) is 0. The summed E-state index contributed by atoms with van der Waals surface area (Å²) in [6, 6.07) is -0.398. The first kappa shape index (κ1) is 15.7. The van der Waals surface area contributed by atoms with Crippen molar-refractivity contribution in [3.05, 3.63) is 0 Å². The lowest BCUT2D eigenvalue weighted by molar-refractivity contribution is -0.134. The highest BCUT2D eigenvalue weighted by Crippen LogP contribution is 2.23. The van der Waals surface area contributed by atoms with Crippen molar-refractivity contribution < 1.29 is 9.53 Å². The van der Waals surface area contributed by atoms with E-state index in [1.807, 2.05) is 25.7 Å². The third-order valence-corrected chi connectivity index (χ3v) is 4.42. The molecule has 2 atom stereocenters. The Morgan fingerprint density at radius 3 is 2.55 bits per heavy atom. The number of nitrogens with zero attached hydrogens (tertiary/aromatic N) is 2. The molecule has 2 rings (SSSR count). The Morgan fingerprint density at radius 2 is 1.95 bits per heavy atom. The third kappa shape index (κ3) is 3.93. The van der Waals surface area contributed by atoms with E-state index in [0.29, 0.717) is 5.92 Å². The maximum absolute atomic E-state index is 12.4. The minimum Gasteiger partial charge on any atom is -0.379 e. The Labute approximate surface area is 122 Å². The third-order valence-electron chi connectivity index (χ3n) is 4.42. The Bertz CT molecular complexity index is 335. The second-order valence-corrected chi connectivity index (χ2v) is 7.20. The first-order valence-corrected chi connectivity index (χ1v) is 7.72. The zero-order chi connectivity index (χ0) is 14.8. The van der Waals surface area contributed by atoms with E-state index in [4.69, 9.17) is 10.5 Å². The van der Waals surface area contributed by atoms with Gasteiger partial charge in [0.05, 0.1) is 19.3 Å². The molecule has 1 unspecified atom stereocenters. The Balaban J connectivity index is 1.81. The summed E-state index contributed by atoms with van der Waals surface area (Å²) in [5.74, 6) is 0.700. The van der Waals surface area contributed by atoms with E-state index in [-0.39, 0.29) is 11.3 Å². The first-order chi connectivity index (χ1) is 9.38. The van der Waals surface area contributed by atoms with Crippen LogP contribution in [0.5, 0.6) is 0 Å². The van der Waals surface area contributed by atoms with Gasteiger partial charge in [-0.05, 0) is 17.8 Å². The summed E-state index contributed by atoms with van der Waals surface area (Å²) >= 11 is 0. The summed E-state index contributed by atoms with van der Waals surface area (Å²) in [4.78, 5) is 16.8. The van der Waals surface area contributed by atoms with Crippen LogP contribution >= 0.6 is 0 Å². The molecule has 0 saturated carbocycles. The van der Waals surface area contributed by atoms with Gasteiger partial charge in [0, 0.05) is 32.7 Å². The van der Waals surface area contributed by atoms with Gasteiger partial charge in [-0.3, -0.25) is 9.69 Å². The van der Waals surface area contributed by atoms with Crippen LogP contribution in [0, 0.1) is 11.3 Å². The molecule has 5 nitrogen and oxygen atoms in total. The van der Waals surface area contributed by atoms with Gasteiger partial charge in [-0.15, -0.1) is 0 Å². The normalized spacial score (nSPS) is 26.8. The number of carbonyl (C=O) groups is 1. The molecule has 20 heavy (non-hydrogen) atoms. The van der Waals surface area contributed by atoms with Crippen molar-refractivity contribution in [2.75, 3.05) is 45.9 Å². The fourth-order valence-electron chi connectivity index (χ4n) is 2.90. The molecular weight excluding hydrogens is 254 g/mol. The van der Waals surface area contributed by atoms with Gasteiger partial charge in [-0.25, -0.2) is 0 Å². The summed E-state index contributed by atoms with van der Waals surface area (Å²) in [5.41, 5.74) is 5.92. The zero-order valence-electron chi connectivity index (χ0n) is 13.1. The molecule has 116 valence electrons. The van der Waals surface area contributed by atoms with E-state index in [9.17, 15) is 4.79 Å². The second-order valence-electron chi connectivity index (χ2n) is 7.20. The van der Waals surface area contributed by atoms with E-state index >= 15 is 0 Å². The predicted octanol–water partition coefficient (Wildman–Crippen LogP) is 0.541. The van der Waals surface area contributed by atoms with Crippen molar-refractivity contribution in [2.45, 2.75) is 33.2 Å². The van der Waals surface area contributed by atoms with Crippen molar-refractivity contribution in [2.24, 2.45) is 17.1 Å². The second kappa shape index (κ2) is 6.41. The molecule has 2 aliphatic heterocycles. The highest BCUT2D eigenvalue weighted by Gasteiger charge is 2.35. The average Bonchev–Trinajstić information content (AvgIpc) is 2.85. The van der Waals surface area contributed by atoms with Crippen LogP contribution < -0.4 is 5.73 Å². The van der Waals surface area contributed by atoms with Gasteiger partial charge in [0.15, 0.2) is 0 Å². The zero-order valence-corrected chi connectivity index (χ0v) is 13.1. The Morgan fingerprint density at radius 1 is 1.30 bits per heavy atom. The van der Waals surface area contributed by atoms with E-state index in [1.54, 1.807) is 0 Å². The van der Waals surface area contributed by atoms with Gasteiger partial charge in [-0.1, -0.05) is 20.8 Å². The molecule has 0 aromatic heterocycles. The smallest absolute Gasteiger partial charge is 0.240 e. The van der Waals surface area contributed by atoms with Crippen molar-refractivity contribution in [3.63, 3.8) is 0 Å². The van der Waals surface area contributed by atoms with Crippen LogP contribution in [-0.4, -0.2) is 67.7 Å². The van der Waals surface area contributed by atoms with E-state index in [0.717, 1.165) is 52.4 Å². The molecule has 0 aromatic rings. The standard InChI is InChI=1S/C15H29N3O2/c1-15(2,3)13(16)14(19)18-5-4-12(11-18)10-17-6-8-20-9-7-17/h12-13H,4-11,16H2,1-3H3/t12?,13-/m1/s1. The van der Waals surface area contributed by atoms with Crippen LogP contribution in [0.1, 0.15) is 27.2 Å². The molecule has 0 spiro atoms. The number of hydrogen-bond donors (Lipinski definition) is 1. The minimum atomic E-state index is -0.398. The van der Waals surface area contributed by atoms with Gasteiger partial charge in [0.2, 0.25) is 5.91 Å². The molecule has 0 aliphatic carbocycles. The number of ether oxygens (including phenoxy) is 1. The fraction of sp³-hybridized carbons (Fsp3) is 0.933. The minimum absolute atomic E-state index is 0.113. The molecule has 5 heteroatoms. The number of hydrogen-bond acceptors (Lipinski definition) is 4. The van der Waals surface area contributed by atoms with Crippen molar-refractivity contribution >= 4 is 5.91 Å². The van der Waals surface area contributed by atoms with Crippen LogP contribution in [0.25, 0.3) is 0 Å². The molecule has 1 amide bonds. The maximum Gasteiger partial charge on any atom is 0.240 e. The maximum atomic E-state index is 12.4. The molecule has 0 radical (unpaired) electrons. The van der Waals surface area contributed by atoms with E-state index < -0.39 is 6.04 Å². The van der Waals surface area contributed by atoms with Gasteiger partial charge < -0.3 is 15.4 Å². The van der Waals surface area contributed by atoms with Gasteiger partial charge in [0.1, 0.15) is 0 Å². The molecule has 0 aromatic carbocycles. The van der Waals surface area contributed by atoms with Gasteiger partial charge in [0.25, 0.3) is 0 Å². The average molecular weight is 283 g/mol. The van der Waals surface area contributed by atoms with Crippen molar-refractivity contribution in [1.82, 2.24) is 9.80 Å². The quantitative estimate of drug-likeness (QED) is 0.821. The summed E-state index contributed by atoms with van der Waals surface area (Å²) in [6.45, 7) is 12.6. The monoisotopic (exact) mass is 283 g/mol. The van der Waals surface area contributed by atoms with Gasteiger partial charge >= 0.3 is 0 Å². The van der Waals surface area contributed by atoms with Crippen LogP contribution in [0.15, 0.2) is 0 Å². The molecule has 2 N–H and O–H groups in total. The SMILES string of the molecule is CC(C)(C)[C@H](N)C(=O)N1CCC(CN2CCOCC2)C1. The lowest BCUT2D eigenvalue weighted by Gasteiger charge is -2.31. The van der Waals surface area contributed by atoms with E-state index in [1.165, 1.54) is 0 Å². The van der Waals surface area contributed by atoms with Crippen molar-refractivity contribution in [3.8, 4) is 0 Å². The van der Waals surface area contributed by atoms with Crippen molar-refractivity contribution in [1.29, 1.82) is 0 Å². The summed E-state index contributed by atoms with van der Waals surface area (Å²) < 4.78 is 5.37. The van der Waals surface area contributed by atoms with Crippen LogP contribution in [-0.2, 0) is 9.53 Å². The number of nitrogens with two attached hydrogens (primary N) is 1. The number of rotatable bonds is 3.